The molecule has 0 aliphatic rings. The number of hydrogen-bond acceptors (Lipinski definition) is 4. The zero-order valence-electron chi connectivity index (χ0n) is 15.9. The number of aliphatic carboxylic acids is 1. The first kappa shape index (κ1) is 19.7. The summed E-state index contributed by atoms with van der Waals surface area (Å²) in [4.78, 5) is 31.7. The molecule has 2 heterocycles. The monoisotopic (exact) mass is 379 g/mol. The molecule has 0 saturated heterocycles. The van der Waals surface area contributed by atoms with Gasteiger partial charge in [-0.3, -0.25) is 19.6 Å². The van der Waals surface area contributed by atoms with Gasteiger partial charge in [0.15, 0.2) is 0 Å². The number of nitrogens with one attached hydrogen (secondary N) is 1. The third kappa shape index (κ3) is 5.25. The Hall–Kier alpha value is -3.02. The van der Waals surface area contributed by atoms with Crippen molar-refractivity contribution in [3.8, 4) is 0 Å². The summed E-state index contributed by atoms with van der Waals surface area (Å²) >= 11 is 0. The summed E-state index contributed by atoms with van der Waals surface area (Å²) in [5.74, 6) is -0.733. The largest absolute Gasteiger partial charge is 0.481 e. The van der Waals surface area contributed by atoms with Crippen molar-refractivity contribution in [2.24, 2.45) is 0 Å². The quantitative estimate of drug-likeness (QED) is 0.385. The number of carboxylic acids is 1. The summed E-state index contributed by atoms with van der Waals surface area (Å²) in [6, 6.07) is 9.60. The van der Waals surface area contributed by atoms with Crippen LogP contribution in [0.1, 0.15) is 51.4 Å². The normalized spacial score (nSPS) is 11.0. The van der Waals surface area contributed by atoms with E-state index in [9.17, 15) is 9.59 Å². The smallest absolute Gasteiger partial charge is 0.303 e. The van der Waals surface area contributed by atoms with Gasteiger partial charge in [-0.15, -0.1) is 0 Å². The van der Waals surface area contributed by atoms with Gasteiger partial charge in [0.05, 0.1) is 16.7 Å². The fourth-order valence-corrected chi connectivity index (χ4v) is 3.36. The second-order valence-corrected chi connectivity index (χ2v) is 6.96. The van der Waals surface area contributed by atoms with Gasteiger partial charge in [0.25, 0.3) is 0 Å². The van der Waals surface area contributed by atoms with Crippen LogP contribution in [-0.4, -0.2) is 27.0 Å². The van der Waals surface area contributed by atoms with Crippen LogP contribution < -0.4 is 5.32 Å². The molecule has 0 spiro atoms. The van der Waals surface area contributed by atoms with Crippen LogP contribution in [0.2, 0.25) is 0 Å². The number of amides is 1. The van der Waals surface area contributed by atoms with Crippen LogP contribution in [0, 0.1) is 0 Å². The number of pyridine rings is 2. The number of benzene rings is 1. The molecular weight excluding hydrogens is 354 g/mol. The molecule has 2 aromatic heterocycles. The first-order valence-electron chi connectivity index (χ1n) is 9.79. The van der Waals surface area contributed by atoms with E-state index in [0.29, 0.717) is 6.42 Å². The standard InChI is InChI=1S/C22H25N3O3/c26-19(11-5-3-1-2-4-6-12-20(27)28)25-18-15-16-9-7-13-23-21(16)22-17(18)10-8-14-24-22/h7-10,13-15H,1-6,11-12H2,(H,25,26)(H,27,28). The molecule has 2 N–H and O–H groups in total. The van der Waals surface area contributed by atoms with E-state index >= 15 is 0 Å². The minimum absolute atomic E-state index is 0.000675. The summed E-state index contributed by atoms with van der Waals surface area (Å²) < 4.78 is 0. The van der Waals surface area contributed by atoms with Crippen molar-refractivity contribution in [3.63, 3.8) is 0 Å². The second kappa shape index (κ2) is 9.78. The van der Waals surface area contributed by atoms with E-state index < -0.39 is 5.97 Å². The number of hydrogen-bond donors (Lipinski definition) is 2. The molecule has 0 bridgehead atoms. The van der Waals surface area contributed by atoms with E-state index in [2.05, 4.69) is 15.3 Å². The molecule has 3 aromatic rings. The summed E-state index contributed by atoms with van der Waals surface area (Å²) in [6.07, 6.45) is 9.71. The molecule has 0 fully saturated rings. The van der Waals surface area contributed by atoms with E-state index in [1.807, 2.05) is 30.3 Å². The molecule has 0 unspecified atom stereocenters. The van der Waals surface area contributed by atoms with E-state index in [0.717, 1.165) is 66.0 Å². The molecule has 0 radical (unpaired) electrons. The van der Waals surface area contributed by atoms with Gasteiger partial charge in [-0.2, -0.15) is 0 Å². The maximum absolute atomic E-state index is 12.4. The topological polar surface area (TPSA) is 92.2 Å². The van der Waals surface area contributed by atoms with Gasteiger partial charge in [-0.25, -0.2) is 0 Å². The average molecular weight is 379 g/mol. The highest BCUT2D eigenvalue weighted by atomic mass is 16.4. The summed E-state index contributed by atoms with van der Waals surface area (Å²) in [5, 5.41) is 13.5. The number of aromatic nitrogens is 2. The summed E-state index contributed by atoms with van der Waals surface area (Å²) in [5.41, 5.74) is 2.39. The van der Waals surface area contributed by atoms with Crippen molar-refractivity contribution in [2.75, 3.05) is 5.32 Å². The molecule has 6 nitrogen and oxygen atoms in total. The van der Waals surface area contributed by atoms with Crippen LogP contribution >= 0.6 is 0 Å². The Morgan fingerprint density at radius 3 is 2.25 bits per heavy atom. The minimum atomic E-state index is -0.733. The maximum atomic E-state index is 12.4. The van der Waals surface area contributed by atoms with Crippen LogP contribution in [-0.2, 0) is 9.59 Å². The highest BCUT2D eigenvalue weighted by Crippen LogP contribution is 2.29. The highest BCUT2D eigenvalue weighted by molar-refractivity contribution is 6.11. The molecule has 3 rings (SSSR count). The van der Waals surface area contributed by atoms with Gasteiger partial charge in [-0.1, -0.05) is 31.7 Å². The number of carbonyl (C=O) groups excluding carboxylic acids is 1. The molecule has 0 aliphatic carbocycles. The maximum Gasteiger partial charge on any atom is 0.303 e. The zero-order valence-corrected chi connectivity index (χ0v) is 15.9. The molecular formula is C22H25N3O3. The van der Waals surface area contributed by atoms with E-state index in [-0.39, 0.29) is 12.3 Å². The van der Waals surface area contributed by atoms with Crippen molar-refractivity contribution in [1.29, 1.82) is 0 Å². The van der Waals surface area contributed by atoms with Crippen LogP contribution in [0.5, 0.6) is 0 Å². The second-order valence-electron chi connectivity index (χ2n) is 6.96. The zero-order chi connectivity index (χ0) is 19.8. The van der Waals surface area contributed by atoms with Crippen molar-refractivity contribution in [2.45, 2.75) is 51.4 Å². The van der Waals surface area contributed by atoms with Crippen LogP contribution in [0.25, 0.3) is 21.8 Å². The first-order valence-corrected chi connectivity index (χ1v) is 9.79. The highest BCUT2D eigenvalue weighted by Gasteiger charge is 2.10. The predicted molar refractivity (Wildman–Crippen MR) is 110 cm³/mol. The lowest BCUT2D eigenvalue weighted by atomic mass is 10.1. The Balaban J connectivity index is 1.53. The SMILES string of the molecule is O=C(O)CCCCCCCCC(=O)Nc1cc2cccnc2c2ncccc12. The summed E-state index contributed by atoms with van der Waals surface area (Å²) in [7, 11) is 0. The van der Waals surface area contributed by atoms with Crippen molar-refractivity contribution < 1.29 is 14.7 Å². The Bertz CT molecular complexity index is 972. The fourth-order valence-electron chi connectivity index (χ4n) is 3.36. The minimum Gasteiger partial charge on any atom is -0.481 e. The number of anilines is 1. The molecule has 0 saturated carbocycles. The Labute approximate surface area is 164 Å². The Morgan fingerprint density at radius 2 is 1.50 bits per heavy atom. The molecule has 1 aromatic carbocycles. The Morgan fingerprint density at radius 1 is 0.857 bits per heavy atom. The molecule has 1 amide bonds. The lowest BCUT2D eigenvalue weighted by Gasteiger charge is -2.10. The fraction of sp³-hybridized carbons (Fsp3) is 0.364. The number of carbonyl (C=O) groups is 2. The number of carboxylic acid groups (broad SMARTS) is 1. The van der Waals surface area contributed by atoms with E-state index in [4.69, 9.17) is 5.11 Å². The predicted octanol–water partition coefficient (Wildman–Crippen LogP) is 4.93. The number of fused-ring (bicyclic) bond motifs is 3. The molecule has 28 heavy (non-hydrogen) atoms. The third-order valence-corrected chi connectivity index (χ3v) is 4.78. The summed E-state index contributed by atoms with van der Waals surface area (Å²) in [6.45, 7) is 0. The number of rotatable bonds is 10. The van der Waals surface area contributed by atoms with Crippen LogP contribution in [0.3, 0.4) is 0 Å². The van der Waals surface area contributed by atoms with Gasteiger partial charge < -0.3 is 10.4 Å². The lowest BCUT2D eigenvalue weighted by molar-refractivity contribution is -0.137. The van der Waals surface area contributed by atoms with Crippen LogP contribution in [0.4, 0.5) is 5.69 Å². The van der Waals surface area contributed by atoms with Gasteiger partial charge in [0.1, 0.15) is 0 Å². The van der Waals surface area contributed by atoms with Crippen molar-refractivity contribution in [1.82, 2.24) is 9.97 Å². The van der Waals surface area contributed by atoms with Crippen molar-refractivity contribution >= 4 is 39.4 Å². The van der Waals surface area contributed by atoms with Crippen LogP contribution in [0.15, 0.2) is 42.7 Å². The molecule has 146 valence electrons. The van der Waals surface area contributed by atoms with E-state index in [1.54, 1.807) is 12.4 Å². The number of unbranched alkanes of at least 4 members (excludes halogenated alkanes) is 5. The number of nitrogens with zero attached hydrogens (tertiary/aromatic N) is 2. The first-order chi connectivity index (χ1) is 13.6. The Kier molecular flexibility index (Phi) is 6.89. The molecule has 0 aliphatic heterocycles. The van der Waals surface area contributed by atoms with Gasteiger partial charge in [0.2, 0.25) is 5.91 Å². The van der Waals surface area contributed by atoms with Crippen molar-refractivity contribution in [3.05, 3.63) is 42.7 Å². The van der Waals surface area contributed by atoms with Gasteiger partial charge in [-0.05, 0) is 37.1 Å². The molecule has 0 atom stereocenters. The molecule has 6 heteroatoms. The van der Waals surface area contributed by atoms with E-state index in [1.165, 1.54) is 0 Å². The lowest BCUT2D eigenvalue weighted by Crippen LogP contribution is -2.11. The third-order valence-electron chi connectivity index (χ3n) is 4.78. The van der Waals surface area contributed by atoms with Gasteiger partial charge >= 0.3 is 5.97 Å². The van der Waals surface area contributed by atoms with Gasteiger partial charge in [0, 0.05) is 36.0 Å². The average Bonchev–Trinajstić information content (AvgIpc) is 2.70.